The second kappa shape index (κ2) is 6.04. The van der Waals surface area contributed by atoms with E-state index in [-0.39, 0.29) is 11.4 Å². The van der Waals surface area contributed by atoms with E-state index in [9.17, 15) is 9.18 Å². The highest BCUT2D eigenvalue weighted by molar-refractivity contribution is 6.10. The lowest BCUT2D eigenvalue weighted by molar-refractivity contribution is 0.102. The van der Waals surface area contributed by atoms with Crippen LogP contribution in [-0.2, 0) is 0 Å². The number of amidine groups is 1. The molecule has 0 radical (unpaired) electrons. The number of carbonyl (C=O) groups excluding carboxylic acids is 1. The number of hydrogen-bond acceptors (Lipinski definition) is 3. The first-order chi connectivity index (χ1) is 10.0. The van der Waals surface area contributed by atoms with Gasteiger partial charge < -0.3 is 16.3 Å². The molecule has 0 aliphatic heterocycles. The maximum absolute atomic E-state index is 13.1. The second-order valence-electron chi connectivity index (χ2n) is 4.45. The number of benzene rings is 2. The molecule has 2 aromatic rings. The maximum atomic E-state index is 13.1. The van der Waals surface area contributed by atoms with Gasteiger partial charge in [0, 0.05) is 11.1 Å². The smallest absolute Gasteiger partial charge is 0.255 e. The van der Waals surface area contributed by atoms with Crippen LogP contribution >= 0.6 is 0 Å². The van der Waals surface area contributed by atoms with E-state index in [1.807, 2.05) is 0 Å². The average molecular weight is 287 g/mol. The van der Waals surface area contributed by atoms with Crippen molar-refractivity contribution in [1.82, 2.24) is 0 Å². The Balaban J connectivity index is 2.36. The molecule has 5 nitrogen and oxygen atoms in total. The van der Waals surface area contributed by atoms with Crippen molar-refractivity contribution in [2.75, 3.05) is 5.32 Å². The number of nitrogens with two attached hydrogens (primary N) is 1. The molecule has 0 saturated carbocycles. The lowest BCUT2D eigenvalue weighted by Crippen LogP contribution is -2.20. The van der Waals surface area contributed by atoms with Gasteiger partial charge in [-0.2, -0.15) is 0 Å². The molecular weight excluding hydrogens is 273 g/mol. The van der Waals surface area contributed by atoms with Gasteiger partial charge in [-0.15, -0.1) is 0 Å². The molecule has 0 heterocycles. The van der Waals surface area contributed by atoms with Crippen LogP contribution in [-0.4, -0.2) is 17.0 Å². The van der Waals surface area contributed by atoms with Crippen molar-refractivity contribution in [2.24, 2.45) is 10.9 Å². The average Bonchev–Trinajstić information content (AvgIpc) is 2.46. The van der Waals surface area contributed by atoms with E-state index in [4.69, 9.17) is 10.9 Å². The number of carbonyl (C=O) groups is 1. The van der Waals surface area contributed by atoms with Crippen molar-refractivity contribution in [3.8, 4) is 0 Å². The van der Waals surface area contributed by atoms with Crippen LogP contribution in [0.4, 0.5) is 10.1 Å². The molecule has 0 spiro atoms. The Morgan fingerprint density at radius 1 is 1.29 bits per heavy atom. The van der Waals surface area contributed by atoms with Crippen molar-refractivity contribution >= 4 is 17.4 Å². The summed E-state index contributed by atoms with van der Waals surface area (Å²) in [6.45, 7) is 1.77. The van der Waals surface area contributed by atoms with Crippen LogP contribution in [0.25, 0.3) is 0 Å². The highest BCUT2D eigenvalue weighted by Crippen LogP contribution is 2.20. The van der Waals surface area contributed by atoms with Crippen molar-refractivity contribution in [3.63, 3.8) is 0 Å². The van der Waals surface area contributed by atoms with Crippen LogP contribution in [0.1, 0.15) is 21.5 Å². The lowest BCUT2D eigenvalue weighted by Gasteiger charge is -2.12. The topological polar surface area (TPSA) is 87.7 Å². The van der Waals surface area contributed by atoms with E-state index >= 15 is 0 Å². The minimum atomic E-state index is -0.497. The number of halogens is 1. The Hall–Kier alpha value is -2.89. The molecule has 4 N–H and O–H groups in total. The van der Waals surface area contributed by atoms with Crippen LogP contribution in [0.5, 0.6) is 0 Å². The van der Waals surface area contributed by atoms with Gasteiger partial charge in [0.2, 0.25) is 0 Å². The van der Waals surface area contributed by atoms with E-state index in [1.165, 1.54) is 18.2 Å². The molecule has 0 aliphatic carbocycles. The molecule has 0 bridgehead atoms. The molecule has 6 heteroatoms. The Kier molecular flexibility index (Phi) is 4.18. The van der Waals surface area contributed by atoms with Gasteiger partial charge in [-0.05, 0) is 36.8 Å². The van der Waals surface area contributed by atoms with Gasteiger partial charge in [0.05, 0.1) is 5.69 Å². The summed E-state index contributed by atoms with van der Waals surface area (Å²) in [4.78, 5) is 12.1. The van der Waals surface area contributed by atoms with E-state index in [0.717, 1.165) is 11.6 Å². The lowest BCUT2D eigenvalue weighted by atomic mass is 10.1. The summed E-state index contributed by atoms with van der Waals surface area (Å²) in [5.41, 5.74) is 7.35. The van der Waals surface area contributed by atoms with E-state index in [1.54, 1.807) is 25.1 Å². The fourth-order valence-electron chi connectivity index (χ4n) is 1.99. The predicted octanol–water partition coefficient (Wildman–Crippen LogP) is 2.48. The summed E-state index contributed by atoms with van der Waals surface area (Å²) in [6.07, 6.45) is 0. The minimum Gasteiger partial charge on any atom is -0.409 e. The number of nitrogens with zero attached hydrogens (tertiary/aromatic N) is 1. The fraction of sp³-hybridized carbons (Fsp3) is 0.0667. The van der Waals surface area contributed by atoms with Crippen molar-refractivity contribution in [2.45, 2.75) is 6.92 Å². The molecule has 0 saturated heterocycles. The third-order valence-corrected chi connectivity index (χ3v) is 2.97. The van der Waals surface area contributed by atoms with Crippen LogP contribution in [0.15, 0.2) is 47.6 Å². The maximum Gasteiger partial charge on any atom is 0.255 e. The Labute approximate surface area is 120 Å². The summed E-state index contributed by atoms with van der Waals surface area (Å²) in [7, 11) is 0. The first-order valence-corrected chi connectivity index (χ1v) is 6.17. The Bertz CT molecular complexity index is 714. The summed E-state index contributed by atoms with van der Waals surface area (Å²) in [6, 6.07) is 10.5. The number of amides is 1. The molecule has 0 atom stereocenters. The van der Waals surface area contributed by atoms with Gasteiger partial charge in [-0.1, -0.05) is 23.4 Å². The van der Waals surface area contributed by atoms with Crippen molar-refractivity contribution in [3.05, 3.63) is 65.0 Å². The van der Waals surface area contributed by atoms with E-state index < -0.39 is 11.7 Å². The van der Waals surface area contributed by atoms with Crippen LogP contribution in [0.2, 0.25) is 0 Å². The molecule has 0 unspecified atom stereocenters. The molecular formula is C15H14FN3O2. The SMILES string of the molecule is Cc1cccc(NC(=O)c2cccc(F)c2)c1/C(N)=N/O. The van der Waals surface area contributed by atoms with Gasteiger partial charge in [0.25, 0.3) is 5.91 Å². The number of anilines is 1. The molecule has 2 rings (SSSR count). The normalized spacial score (nSPS) is 11.2. The van der Waals surface area contributed by atoms with Gasteiger partial charge in [-0.3, -0.25) is 4.79 Å². The van der Waals surface area contributed by atoms with E-state index in [0.29, 0.717) is 11.3 Å². The second-order valence-corrected chi connectivity index (χ2v) is 4.45. The summed E-state index contributed by atoms with van der Waals surface area (Å²) in [5, 5.41) is 14.4. The standard InChI is InChI=1S/C15H14FN3O2/c1-9-4-2-7-12(13(9)14(17)19-21)18-15(20)10-5-3-6-11(16)8-10/h2-8,21H,1H3,(H2,17,19)(H,18,20). The highest BCUT2D eigenvalue weighted by Gasteiger charge is 2.14. The molecule has 2 aromatic carbocycles. The van der Waals surface area contributed by atoms with E-state index in [2.05, 4.69) is 10.5 Å². The quantitative estimate of drug-likeness (QED) is 0.351. The number of aryl methyl sites for hydroxylation is 1. The summed E-state index contributed by atoms with van der Waals surface area (Å²) >= 11 is 0. The largest absolute Gasteiger partial charge is 0.409 e. The number of nitrogens with one attached hydrogen (secondary N) is 1. The molecule has 0 fully saturated rings. The molecule has 0 aromatic heterocycles. The summed E-state index contributed by atoms with van der Waals surface area (Å²) in [5.74, 6) is -1.08. The zero-order valence-electron chi connectivity index (χ0n) is 11.3. The monoisotopic (exact) mass is 287 g/mol. The Morgan fingerprint density at radius 2 is 2.00 bits per heavy atom. The first-order valence-electron chi connectivity index (χ1n) is 6.17. The highest BCUT2D eigenvalue weighted by atomic mass is 19.1. The van der Waals surface area contributed by atoms with Crippen LogP contribution in [0.3, 0.4) is 0 Å². The van der Waals surface area contributed by atoms with Crippen molar-refractivity contribution < 1.29 is 14.4 Å². The third kappa shape index (κ3) is 3.17. The fourth-order valence-corrected chi connectivity index (χ4v) is 1.99. The molecule has 21 heavy (non-hydrogen) atoms. The van der Waals surface area contributed by atoms with Crippen molar-refractivity contribution in [1.29, 1.82) is 0 Å². The molecule has 1 amide bonds. The first kappa shape index (κ1) is 14.5. The third-order valence-electron chi connectivity index (χ3n) is 2.97. The Morgan fingerprint density at radius 3 is 2.67 bits per heavy atom. The summed E-state index contributed by atoms with van der Waals surface area (Å²) < 4.78 is 13.1. The predicted molar refractivity (Wildman–Crippen MR) is 78.0 cm³/mol. The zero-order chi connectivity index (χ0) is 15.4. The van der Waals surface area contributed by atoms with Gasteiger partial charge >= 0.3 is 0 Å². The molecule has 0 aliphatic rings. The van der Waals surface area contributed by atoms with Crippen LogP contribution < -0.4 is 11.1 Å². The minimum absolute atomic E-state index is 0.109. The van der Waals surface area contributed by atoms with Gasteiger partial charge in [0.15, 0.2) is 5.84 Å². The molecule has 108 valence electrons. The van der Waals surface area contributed by atoms with Gasteiger partial charge in [0.1, 0.15) is 5.82 Å². The number of oxime groups is 1. The number of rotatable bonds is 3. The van der Waals surface area contributed by atoms with Gasteiger partial charge in [-0.25, -0.2) is 4.39 Å². The zero-order valence-corrected chi connectivity index (χ0v) is 11.3. The number of hydrogen-bond donors (Lipinski definition) is 3. The van der Waals surface area contributed by atoms with Crippen LogP contribution in [0, 0.1) is 12.7 Å².